The topological polar surface area (TPSA) is 40.6 Å². The van der Waals surface area contributed by atoms with Crippen LogP contribution in [0.25, 0.3) is 0 Å². The van der Waals surface area contributed by atoms with Crippen molar-refractivity contribution >= 4 is 27.3 Å². The van der Waals surface area contributed by atoms with Gasteiger partial charge in [-0.2, -0.15) is 4.31 Å². The second-order valence-corrected chi connectivity index (χ2v) is 8.80. The van der Waals surface area contributed by atoms with Crippen LogP contribution in [0.1, 0.15) is 17.5 Å². The van der Waals surface area contributed by atoms with Gasteiger partial charge in [-0.05, 0) is 37.1 Å². The van der Waals surface area contributed by atoms with Crippen LogP contribution in [0.15, 0.2) is 48.5 Å². The third kappa shape index (κ3) is 4.54. The maximum Gasteiger partial charge on any atom is 0.218 e. The van der Waals surface area contributed by atoms with E-state index in [0.29, 0.717) is 30.2 Å². The molecule has 1 aliphatic rings. The van der Waals surface area contributed by atoms with Crippen molar-refractivity contribution in [2.24, 2.45) is 0 Å². The summed E-state index contributed by atoms with van der Waals surface area (Å²) in [5.74, 6) is -0.0444. The first-order valence-electron chi connectivity index (χ1n) is 8.48. The van der Waals surface area contributed by atoms with Gasteiger partial charge in [0.1, 0.15) is 0 Å². The van der Waals surface area contributed by atoms with Gasteiger partial charge in [-0.25, -0.2) is 8.42 Å². The van der Waals surface area contributed by atoms with Crippen LogP contribution in [-0.4, -0.2) is 38.9 Å². The lowest BCUT2D eigenvalue weighted by Gasteiger charge is -2.23. The lowest BCUT2D eigenvalue weighted by atomic mass is 10.2. The molecule has 1 fully saturated rings. The van der Waals surface area contributed by atoms with Crippen LogP contribution < -0.4 is 4.90 Å². The second kappa shape index (κ2) is 7.77. The Labute approximate surface area is 155 Å². The molecule has 4 nitrogen and oxygen atoms in total. The smallest absolute Gasteiger partial charge is 0.218 e. The Kier molecular flexibility index (Phi) is 5.67. The summed E-state index contributed by atoms with van der Waals surface area (Å²) >= 11 is 6.13. The maximum absolute atomic E-state index is 12.8. The number of rotatable bonds is 4. The molecule has 0 saturated carbocycles. The van der Waals surface area contributed by atoms with Crippen LogP contribution in [-0.2, 0) is 15.8 Å². The van der Waals surface area contributed by atoms with Crippen LogP contribution in [0, 0.1) is 6.92 Å². The highest BCUT2D eigenvalue weighted by Crippen LogP contribution is 2.22. The van der Waals surface area contributed by atoms with Gasteiger partial charge in [0, 0.05) is 36.9 Å². The molecule has 134 valence electrons. The molecular formula is C19H23ClN2O2S. The van der Waals surface area contributed by atoms with Crippen molar-refractivity contribution in [2.45, 2.75) is 19.1 Å². The van der Waals surface area contributed by atoms with Crippen LogP contribution in [0.2, 0.25) is 5.02 Å². The Morgan fingerprint density at radius 2 is 1.68 bits per heavy atom. The predicted molar refractivity (Wildman–Crippen MR) is 104 cm³/mol. The predicted octanol–water partition coefficient (Wildman–Crippen LogP) is 3.69. The third-order valence-corrected chi connectivity index (χ3v) is 6.74. The number of aryl methyl sites for hydroxylation is 1. The Balaban J connectivity index is 1.69. The fourth-order valence-corrected chi connectivity index (χ4v) is 4.97. The molecule has 1 saturated heterocycles. The van der Waals surface area contributed by atoms with Crippen molar-refractivity contribution in [3.05, 3.63) is 64.7 Å². The quantitative estimate of drug-likeness (QED) is 0.814. The Bertz CT molecular complexity index is 822. The van der Waals surface area contributed by atoms with Gasteiger partial charge in [0.05, 0.1) is 5.75 Å². The fourth-order valence-electron chi connectivity index (χ4n) is 3.09. The molecule has 0 spiro atoms. The monoisotopic (exact) mass is 378 g/mol. The van der Waals surface area contributed by atoms with Gasteiger partial charge in [0.2, 0.25) is 10.0 Å². The molecule has 2 aromatic rings. The number of hydrogen-bond acceptors (Lipinski definition) is 3. The number of hydrogen-bond donors (Lipinski definition) is 0. The summed E-state index contributed by atoms with van der Waals surface area (Å²) < 4.78 is 27.2. The van der Waals surface area contributed by atoms with E-state index < -0.39 is 10.0 Å². The zero-order chi connectivity index (χ0) is 17.9. The molecule has 6 heteroatoms. The highest BCUT2D eigenvalue weighted by molar-refractivity contribution is 7.88. The molecule has 0 amide bonds. The maximum atomic E-state index is 12.8. The SMILES string of the molecule is Cc1ccc(N2CCCN(S(=O)(=O)Cc3ccccc3Cl)CC2)cc1. The number of sulfonamides is 1. The number of halogens is 1. The minimum absolute atomic E-state index is 0.0444. The van der Waals surface area contributed by atoms with Crippen molar-refractivity contribution in [2.75, 3.05) is 31.1 Å². The average Bonchev–Trinajstić information content (AvgIpc) is 2.84. The van der Waals surface area contributed by atoms with E-state index in [9.17, 15) is 8.42 Å². The van der Waals surface area contributed by atoms with E-state index >= 15 is 0 Å². The van der Waals surface area contributed by atoms with Gasteiger partial charge in [-0.3, -0.25) is 0 Å². The number of nitrogens with zero attached hydrogens (tertiary/aromatic N) is 2. The third-order valence-electron chi connectivity index (χ3n) is 4.54. The van der Waals surface area contributed by atoms with E-state index in [1.165, 1.54) is 5.56 Å². The van der Waals surface area contributed by atoms with E-state index in [-0.39, 0.29) is 5.75 Å². The first-order chi connectivity index (χ1) is 12.0. The molecule has 1 heterocycles. The van der Waals surface area contributed by atoms with Crippen LogP contribution in [0.4, 0.5) is 5.69 Å². The van der Waals surface area contributed by atoms with Crippen LogP contribution in [0.5, 0.6) is 0 Å². The fraction of sp³-hybridized carbons (Fsp3) is 0.368. The van der Waals surface area contributed by atoms with E-state index in [0.717, 1.165) is 18.7 Å². The molecule has 2 aromatic carbocycles. The lowest BCUT2D eigenvalue weighted by molar-refractivity contribution is 0.432. The summed E-state index contributed by atoms with van der Waals surface area (Å²) in [5.41, 5.74) is 3.03. The summed E-state index contributed by atoms with van der Waals surface area (Å²) in [6, 6.07) is 15.5. The van der Waals surface area contributed by atoms with E-state index in [2.05, 4.69) is 36.1 Å². The largest absolute Gasteiger partial charge is 0.370 e. The first-order valence-corrected chi connectivity index (χ1v) is 10.5. The summed E-state index contributed by atoms with van der Waals surface area (Å²) in [5, 5.41) is 0.502. The highest BCUT2D eigenvalue weighted by atomic mass is 35.5. The molecule has 0 atom stereocenters. The summed E-state index contributed by atoms with van der Waals surface area (Å²) in [4.78, 5) is 2.25. The molecule has 25 heavy (non-hydrogen) atoms. The average molecular weight is 379 g/mol. The zero-order valence-corrected chi connectivity index (χ0v) is 15.9. The summed E-state index contributed by atoms with van der Waals surface area (Å²) in [6.45, 7) is 4.68. The Hall–Kier alpha value is -1.56. The second-order valence-electron chi connectivity index (χ2n) is 6.42. The molecule has 0 N–H and O–H groups in total. The normalized spacial score (nSPS) is 16.6. The van der Waals surface area contributed by atoms with Gasteiger partial charge in [-0.15, -0.1) is 0 Å². The van der Waals surface area contributed by atoms with Crippen molar-refractivity contribution in [3.8, 4) is 0 Å². The van der Waals surface area contributed by atoms with Gasteiger partial charge in [0.25, 0.3) is 0 Å². The minimum atomic E-state index is -3.37. The van der Waals surface area contributed by atoms with Crippen molar-refractivity contribution in [1.82, 2.24) is 4.31 Å². The molecule has 0 aliphatic carbocycles. The molecule has 0 unspecified atom stereocenters. The first kappa shape index (κ1) is 18.2. The minimum Gasteiger partial charge on any atom is -0.370 e. The highest BCUT2D eigenvalue weighted by Gasteiger charge is 2.26. The lowest BCUT2D eigenvalue weighted by Crippen LogP contribution is -2.36. The van der Waals surface area contributed by atoms with Gasteiger partial charge >= 0.3 is 0 Å². The van der Waals surface area contributed by atoms with Crippen molar-refractivity contribution in [1.29, 1.82) is 0 Å². The van der Waals surface area contributed by atoms with Crippen LogP contribution in [0.3, 0.4) is 0 Å². The zero-order valence-electron chi connectivity index (χ0n) is 14.4. The number of anilines is 1. The Morgan fingerprint density at radius 1 is 0.960 bits per heavy atom. The summed E-state index contributed by atoms with van der Waals surface area (Å²) in [7, 11) is -3.37. The molecule has 0 aromatic heterocycles. The summed E-state index contributed by atoms with van der Waals surface area (Å²) in [6.07, 6.45) is 0.815. The van der Waals surface area contributed by atoms with Crippen molar-refractivity contribution < 1.29 is 8.42 Å². The van der Waals surface area contributed by atoms with E-state index in [1.54, 1.807) is 16.4 Å². The molecule has 0 radical (unpaired) electrons. The molecule has 1 aliphatic heterocycles. The van der Waals surface area contributed by atoms with Gasteiger partial charge in [0.15, 0.2) is 0 Å². The van der Waals surface area contributed by atoms with Crippen LogP contribution >= 0.6 is 11.6 Å². The molecular weight excluding hydrogens is 356 g/mol. The molecule has 0 bridgehead atoms. The Morgan fingerprint density at radius 3 is 2.40 bits per heavy atom. The van der Waals surface area contributed by atoms with Crippen molar-refractivity contribution in [3.63, 3.8) is 0 Å². The van der Waals surface area contributed by atoms with E-state index in [1.807, 2.05) is 12.1 Å². The molecule has 3 rings (SSSR count). The number of benzene rings is 2. The standard InChI is InChI=1S/C19H23ClN2O2S/c1-16-7-9-18(10-8-16)21-11-4-12-22(14-13-21)25(23,24)15-17-5-2-3-6-19(17)20/h2-3,5-10H,4,11-15H2,1H3. The van der Waals surface area contributed by atoms with Gasteiger partial charge < -0.3 is 4.90 Å². The van der Waals surface area contributed by atoms with E-state index in [4.69, 9.17) is 11.6 Å². The van der Waals surface area contributed by atoms with Gasteiger partial charge in [-0.1, -0.05) is 47.5 Å².